The number of carbonyl (C=O) groups excluding carboxylic acids is 2. The summed E-state index contributed by atoms with van der Waals surface area (Å²) in [6.45, 7) is 18.5. The van der Waals surface area contributed by atoms with E-state index in [1.165, 1.54) is 11.1 Å². The number of fused-ring (bicyclic) bond motifs is 2. The van der Waals surface area contributed by atoms with Crippen LogP contribution in [0.4, 0.5) is 0 Å². The van der Waals surface area contributed by atoms with E-state index in [9.17, 15) is 19.8 Å². The van der Waals surface area contributed by atoms with E-state index in [1.54, 1.807) is 41.5 Å². The molecule has 1 heterocycles. The lowest BCUT2D eigenvalue weighted by molar-refractivity contribution is -0.143. The Kier molecular flexibility index (Phi) is 8.60. The molecule has 2 fully saturated rings. The van der Waals surface area contributed by atoms with Gasteiger partial charge in [-0.25, -0.2) is 4.98 Å². The molecule has 3 aromatic rings. The third kappa shape index (κ3) is 6.69. The molecule has 0 spiro atoms. The molecule has 7 nitrogen and oxygen atoms in total. The molecule has 0 unspecified atom stereocenters. The highest BCUT2D eigenvalue weighted by Gasteiger charge is 2.52. The summed E-state index contributed by atoms with van der Waals surface area (Å²) >= 11 is 0. The summed E-state index contributed by atoms with van der Waals surface area (Å²) < 4.78 is 0. The Morgan fingerprint density at radius 1 is 0.860 bits per heavy atom. The Morgan fingerprint density at radius 3 is 2.02 bits per heavy atom. The van der Waals surface area contributed by atoms with E-state index < -0.39 is 22.0 Å². The Morgan fingerprint density at radius 2 is 1.44 bits per heavy atom. The Balaban J connectivity index is 1.18. The quantitative estimate of drug-likeness (QED) is 0.156. The summed E-state index contributed by atoms with van der Waals surface area (Å²) in [6, 6.07) is 12.2. The summed E-state index contributed by atoms with van der Waals surface area (Å²) in [5.41, 5.74) is 3.07. The Labute approximate surface area is 297 Å². The van der Waals surface area contributed by atoms with Crippen LogP contribution in [0.2, 0.25) is 0 Å². The predicted molar refractivity (Wildman–Crippen MR) is 199 cm³/mol. The lowest BCUT2D eigenvalue weighted by Crippen LogP contribution is -2.54. The van der Waals surface area contributed by atoms with Gasteiger partial charge in [0.1, 0.15) is 11.6 Å². The number of hydrogen-bond donors (Lipinski definition) is 4. The molecule has 1 aromatic heterocycles. The molecule has 7 heteroatoms. The van der Waals surface area contributed by atoms with Crippen molar-refractivity contribution in [2.45, 2.75) is 131 Å². The number of carbonyl (C=O) groups is 2. The van der Waals surface area contributed by atoms with Crippen LogP contribution in [0.3, 0.4) is 0 Å². The molecule has 0 aliphatic heterocycles. The number of rotatable bonds is 11. The number of aromatic nitrogens is 2. The standard InChI is InChI=1S/C43H55N3O4/c1-38(2,40(5,6)49)34(47)25-31(42(9)17-18-42)36-44-32-16-14-27(22-33(32)45-36)12-11-26-13-15-28-23-30(24-29(28)21-26)35(43(10)19-20-43)46-37(48)39(3,4)41(7,8)50/h13-16,21-23,31,35,49-50H,17-20,24-25H2,1-10H3,(H,44,45)(H,46,48)/t31-,35-/m1/s1. The topological polar surface area (TPSA) is 115 Å². The molecule has 0 radical (unpaired) electrons. The van der Waals surface area contributed by atoms with Gasteiger partial charge in [-0.3, -0.25) is 9.59 Å². The van der Waals surface area contributed by atoms with Crippen LogP contribution in [0, 0.1) is 33.5 Å². The van der Waals surface area contributed by atoms with Crippen LogP contribution in [0.5, 0.6) is 0 Å². The number of hydrogen-bond acceptors (Lipinski definition) is 5. The van der Waals surface area contributed by atoms with Crippen molar-refractivity contribution in [3.05, 3.63) is 70.0 Å². The van der Waals surface area contributed by atoms with Gasteiger partial charge in [0.05, 0.1) is 39.1 Å². The van der Waals surface area contributed by atoms with Crippen LogP contribution in [-0.4, -0.2) is 49.1 Å². The summed E-state index contributed by atoms with van der Waals surface area (Å²) in [6.07, 6.45) is 7.53. The van der Waals surface area contributed by atoms with Crippen molar-refractivity contribution in [3.63, 3.8) is 0 Å². The largest absolute Gasteiger partial charge is 0.389 e. The number of nitrogens with one attached hydrogen (secondary N) is 2. The molecule has 3 aliphatic rings. The van der Waals surface area contributed by atoms with Crippen molar-refractivity contribution in [1.82, 2.24) is 15.3 Å². The molecule has 1 amide bonds. The molecule has 0 saturated heterocycles. The van der Waals surface area contributed by atoms with Crippen molar-refractivity contribution in [2.24, 2.45) is 21.7 Å². The first-order valence-electron chi connectivity index (χ1n) is 18.2. The van der Waals surface area contributed by atoms with Gasteiger partial charge in [0.2, 0.25) is 5.91 Å². The normalized spacial score (nSPS) is 19.2. The Hall–Kier alpha value is -3.73. The van der Waals surface area contributed by atoms with Crippen molar-refractivity contribution < 1.29 is 19.8 Å². The number of ketones is 1. The highest BCUT2D eigenvalue weighted by molar-refractivity contribution is 5.86. The minimum Gasteiger partial charge on any atom is -0.389 e. The number of imidazole rings is 1. The van der Waals surface area contributed by atoms with Crippen molar-refractivity contribution >= 4 is 28.8 Å². The van der Waals surface area contributed by atoms with Gasteiger partial charge in [-0.15, -0.1) is 0 Å². The van der Waals surface area contributed by atoms with E-state index in [2.05, 4.69) is 60.3 Å². The molecule has 6 rings (SSSR count). The van der Waals surface area contributed by atoms with Crippen LogP contribution in [0.1, 0.15) is 135 Å². The number of nitrogens with zero attached hydrogens (tertiary/aromatic N) is 1. The fraction of sp³-hybridized carbons (Fsp3) is 0.558. The van der Waals surface area contributed by atoms with Crippen LogP contribution in [0.25, 0.3) is 17.1 Å². The number of benzene rings is 2. The molecule has 2 atom stereocenters. The van der Waals surface area contributed by atoms with Gasteiger partial charge in [-0.1, -0.05) is 51.7 Å². The first-order chi connectivity index (χ1) is 23.0. The average molecular weight is 678 g/mol. The van der Waals surface area contributed by atoms with E-state index in [0.29, 0.717) is 6.42 Å². The van der Waals surface area contributed by atoms with E-state index in [0.717, 1.165) is 65.7 Å². The molecule has 2 aromatic carbocycles. The maximum absolute atomic E-state index is 13.5. The summed E-state index contributed by atoms with van der Waals surface area (Å²) in [4.78, 5) is 35.4. The van der Waals surface area contributed by atoms with E-state index in [-0.39, 0.29) is 34.5 Å². The lowest BCUT2D eigenvalue weighted by Gasteiger charge is -2.38. The van der Waals surface area contributed by atoms with Gasteiger partial charge < -0.3 is 20.5 Å². The van der Waals surface area contributed by atoms with Gasteiger partial charge in [-0.2, -0.15) is 0 Å². The van der Waals surface area contributed by atoms with Crippen LogP contribution in [0.15, 0.2) is 42.0 Å². The van der Waals surface area contributed by atoms with Gasteiger partial charge in [-0.05, 0) is 132 Å². The number of aromatic amines is 1. The van der Waals surface area contributed by atoms with Gasteiger partial charge in [0, 0.05) is 23.5 Å². The SMILES string of the molecule is CC1([C@H](NC(=O)C(C)(C)C(C)(C)O)C2=Cc3ccc(C#Cc4ccc5nc([C@@H](CC(=O)C(C)(C)C(C)(C)O)C6(C)CC6)[nH]c5c4)cc3C2)CC1. The minimum absolute atomic E-state index is 0.0130. The van der Waals surface area contributed by atoms with Crippen LogP contribution in [-0.2, 0) is 16.0 Å². The molecule has 50 heavy (non-hydrogen) atoms. The third-order valence-electron chi connectivity index (χ3n) is 13.0. The number of aliphatic hydroxyl groups is 2. The molecule has 4 N–H and O–H groups in total. The maximum atomic E-state index is 13.5. The highest BCUT2D eigenvalue weighted by atomic mass is 16.3. The Bertz CT molecular complexity index is 1940. The minimum atomic E-state index is -1.15. The molecular formula is C43H55N3O4. The zero-order valence-corrected chi connectivity index (χ0v) is 31.6. The van der Waals surface area contributed by atoms with Crippen molar-refractivity contribution in [1.29, 1.82) is 0 Å². The average Bonchev–Trinajstić information content (AvgIpc) is 3.85. The van der Waals surface area contributed by atoms with Gasteiger partial charge in [0.15, 0.2) is 0 Å². The van der Waals surface area contributed by atoms with Crippen LogP contribution < -0.4 is 5.32 Å². The molecular weight excluding hydrogens is 622 g/mol. The monoisotopic (exact) mass is 677 g/mol. The predicted octanol–water partition coefficient (Wildman–Crippen LogP) is 7.62. The second-order valence-corrected chi connectivity index (χ2v) is 18.2. The van der Waals surface area contributed by atoms with Crippen molar-refractivity contribution in [3.8, 4) is 11.8 Å². The second-order valence-electron chi connectivity index (χ2n) is 18.2. The van der Waals surface area contributed by atoms with E-state index in [1.807, 2.05) is 32.0 Å². The fourth-order valence-corrected chi connectivity index (χ4v) is 6.84. The second kappa shape index (κ2) is 11.9. The zero-order valence-electron chi connectivity index (χ0n) is 31.6. The first kappa shape index (κ1) is 36.1. The fourth-order valence-electron chi connectivity index (χ4n) is 6.84. The van der Waals surface area contributed by atoms with Crippen molar-refractivity contribution in [2.75, 3.05) is 0 Å². The lowest BCUT2D eigenvalue weighted by atomic mass is 9.70. The summed E-state index contributed by atoms with van der Waals surface area (Å²) in [5, 5.41) is 24.7. The first-order valence-corrected chi connectivity index (χ1v) is 18.2. The van der Waals surface area contributed by atoms with E-state index in [4.69, 9.17) is 4.98 Å². The van der Waals surface area contributed by atoms with E-state index >= 15 is 0 Å². The summed E-state index contributed by atoms with van der Waals surface area (Å²) in [7, 11) is 0. The molecule has 3 aliphatic carbocycles. The zero-order chi connectivity index (χ0) is 36.7. The van der Waals surface area contributed by atoms with Gasteiger partial charge >= 0.3 is 0 Å². The van der Waals surface area contributed by atoms with Gasteiger partial charge in [0.25, 0.3) is 0 Å². The molecule has 2 saturated carbocycles. The molecule has 0 bridgehead atoms. The number of H-pyrrole nitrogens is 1. The number of amides is 1. The van der Waals surface area contributed by atoms with Crippen LogP contribution >= 0.6 is 0 Å². The summed E-state index contributed by atoms with van der Waals surface area (Å²) in [5.74, 6) is 7.39. The highest BCUT2D eigenvalue weighted by Crippen LogP contribution is 2.57. The number of Topliss-reactive ketones (excluding diaryl/α,β-unsaturated/α-hetero) is 1. The molecule has 266 valence electrons. The smallest absolute Gasteiger partial charge is 0.229 e. The third-order valence-corrected chi connectivity index (χ3v) is 13.0. The maximum Gasteiger partial charge on any atom is 0.229 e.